The number of fused-ring (bicyclic) bond motifs is 1. The Morgan fingerprint density at radius 1 is 1.02 bits per heavy atom. The standard InChI is InChI=1S/C31H35N9O3S/c1-20(2)29-28-24(22-6-7-26(34-19-22)39-14-9-21(18-32)10-15-39)17-25(31(41)37-44(3,42)43)35-30(28)40(36-29)23-8-11-33-27(16-23)38-12-4-5-13-38/h6-8,11,16-17,19-21H,4-5,9-10,12-15H2,1-3H3,(H,37,41). The minimum absolute atomic E-state index is 0.0172. The van der Waals surface area contributed by atoms with E-state index in [1.807, 2.05) is 24.3 Å². The smallest absolute Gasteiger partial charge is 0.283 e. The first-order valence-electron chi connectivity index (χ1n) is 14.9. The summed E-state index contributed by atoms with van der Waals surface area (Å²) in [5.74, 6) is 0.927. The Kier molecular flexibility index (Phi) is 7.94. The Bertz CT molecular complexity index is 1850. The number of amides is 1. The van der Waals surface area contributed by atoms with Crippen LogP contribution in [0.3, 0.4) is 0 Å². The van der Waals surface area contributed by atoms with E-state index in [0.717, 1.165) is 92.1 Å². The molecule has 1 N–H and O–H groups in total. The van der Waals surface area contributed by atoms with Gasteiger partial charge in [0.15, 0.2) is 5.65 Å². The number of carbonyl (C=O) groups is 1. The van der Waals surface area contributed by atoms with Crippen LogP contribution >= 0.6 is 0 Å². The first-order valence-corrected chi connectivity index (χ1v) is 16.8. The third-order valence-electron chi connectivity index (χ3n) is 8.19. The predicted molar refractivity (Wildman–Crippen MR) is 168 cm³/mol. The molecule has 2 saturated heterocycles. The van der Waals surface area contributed by atoms with Crippen molar-refractivity contribution in [2.24, 2.45) is 5.92 Å². The van der Waals surface area contributed by atoms with Crippen molar-refractivity contribution in [3.63, 3.8) is 0 Å². The summed E-state index contributed by atoms with van der Waals surface area (Å²) in [6.07, 6.45) is 8.27. The summed E-state index contributed by atoms with van der Waals surface area (Å²) < 4.78 is 27.7. The molecule has 0 atom stereocenters. The summed E-state index contributed by atoms with van der Waals surface area (Å²) in [6, 6.07) is 11.7. The van der Waals surface area contributed by atoms with Gasteiger partial charge in [0.25, 0.3) is 5.91 Å². The molecule has 2 aliphatic rings. The highest BCUT2D eigenvalue weighted by atomic mass is 32.2. The van der Waals surface area contributed by atoms with Crippen LogP contribution in [0, 0.1) is 17.2 Å². The highest BCUT2D eigenvalue weighted by Gasteiger charge is 2.25. The Balaban J connectivity index is 1.49. The van der Waals surface area contributed by atoms with E-state index in [4.69, 9.17) is 15.1 Å². The number of nitriles is 1. The second-order valence-electron chi connectivity index (χ2n) is 11.8. The lowest BCUT2D eigenvalue weighted by Crippen LogP contribution is -2.33. The summed E-state index contributed by atoms with van der Waals surface area (Å²) in [7, 11) is -3.83. The molecule has 0 spiro atoms. The van der Waals surface area contributed by atoms with Crippen LogP contribution in [0.25, 0.3) is 27.8 Å². The highest BCUT2D eigenvalue weighted by molar-refractivity contribution is 7.89. The van der Waals surface area contributed by atoms with Crippen LogP contribution in [0.5, 0.6) is 0 Å². The van der Waals surface area contributed by atoms with E-state index in [9.17, 15) is 18.5 Å². The number of piperidine rings is 1. The number of hydrogen-bond acceptors (Lipinski definition) is 10. The molecule has 0 saturated carbocycles. The molecule has 1 amide bonds. The van der Waals surface area contributed by atoms with Gasteiger partial charge in [-0.1, -0.05) is 13.8 Å². The minimum atomic E-state index is -3.83. The summed E-state index contributed by atoms with van der Waals surface area (Å²) >= 11 is 0. The minimum Gasteiger partial charge on any atom is -0.357 e. The summed E-state index contributed by atoms with van der Waals surface area (Å²) in [4.78, 5) is 31.6. The van der Waals surface area contributed by atoms with Gasteiger partial charge in [0.1, 0.15) is 17.3 Å². The molecule has 12 nitrogen and oxygen atoms in total. The number of nitrogens with zero attached hydrogens (tertiary/aromatic N) is 8. The zero-order chi connectivity index (χ0) is 31.0. The van der Waals surface area contributed by atoms with E-state index < -0.39 is 15.9 Å². The lowest BCUT2D eigenvalue weighted by atomic mass is 9.97. The van der Waals surface area contributed by atoms with Gasteiger partial charge in [0, 0.05) is 56.1 Å². The molecule has 0 unspecified atom stereocenters. The van der Waals surface area contributed by atoms with Gasteiger partial charge in [-0.3, -0.25) is 4.79 Å². The molecule has 0 radical (unpaired) electrons. The fraction of sp³-hybridized carbons (Fsp3) is 0.419. The van der Waals surface area contributed by atoms with Crippen LogP contribution in [-0.2, 0) is 10.0 Å². The average molecular weight is 614 g/mol. The second kappa shape index (κ2) is 11.8. The maximum atomic E-state index is 13.2. The van der Waals surface area contributed by atoms with Gasteiger partial charge >= 0.3 is 0 Å². The molecule has 6 heterocycles. The third-order valence-corrected chi connectivity index (χ3v) is 8.74. The van der Waals surface area contributed by atoms with Crippen molar-refractivity contribution in [2.75, 3.05) is 42.2 Å². The largest absolute Gasteiger partial charge is 0.357 e. The van der Waals surface area contributed by atoms with Crippen LogP contribution in [0.2, 0.25) is 0 Å². The highest BCUT2D eigenvalue weighted by Crippen LogP contribution is 2.36. The van der Waals surface area contributed by atoms with Crippen molar-refractivity contribution in [1.82, 2.24) is 29.5 Å². The number of pyridine rings is 3. The van der Waals surface area contributed by atoms with Crippen molar-refractivity contribution in [1.29, 1.82) is 5.26 Å². The van der Waals surface area contributed by atoms with Crippen LogP contribution in [0.1, 0.15) is 61.6 Å². The predicted octanol–water partition coefficient (Wildman–Crippen LogP) is 4.03. The zero-order valence-corrected chi connectivity index (χ0v) is 25.9. The monoisotopic (exact) mass is 613 g/mol. The molecule has 0 aromatic carbocycles. The molecule has 4 aromatic rings. The van der Waals surface area contributed by atoms with Crippen molar-refractivity contribution >= 4 is 38.6 Å². The number of hydrogen-bond donors (Lipinski definition) is 1. The summed E-state index contributed by atoms with van der Waals surface area (Å²) in [5.41, 5.74) is 3.35. The maximum Gasteiger partial charge on any atom is 0.283 e. The van der Waals surface area contributed by atoms with E-state index in [-0.39, 0.29) is 17.5 Å². The summed E-state index contributed by atoms with van der Waals surface area (Å²) in [5, 5.41) is 15.0. The number of sulfonamides is 1. The topological polar surface area (TPSA) is 150 Å². The van der Waals surface area contributed by atoms with E-state index in [0.29, 0.717) is 11.2 Å². The van der Waals surface area contributed by atoms with E-state index in [1.54, 1.807) is 23.1 Å². The quantitative estimate of drug-likeness (QED) is 0.324. The van der Waals surface area contributed by atoms with E-state index >= 15 is 0 Å². The molecule has 228 valence electrons. The lowest BCUT2D eigenvalue weighted by molar-refractivity contribution is 0.0977. The fourth-order valence-electron chi connectivity index (χ4n) is 5.92. The van der Waals surface area contributed by atoms with Gasteiger partial charge in [0.2, 0.25) is 10.0 Å². The second-order valence-corrected chi connectivity index (χ2v) is 13.5. The lowest BCUT2D eigenvalue weighted by Gasteiger charge is -2.30. The average Bonchev–Trinajstić information content (AvgIpc) is 3.69. The van der Waals surface area contributed by atoms with Gasteiger partial charge in [-0.05, 0) is 61.4 Å². The molecule has 4 aromatic heterocycles. The number of aromatic nitrogens is 5. The van der Waals surface area contributed by atoms with Gasteiger partial charge in [0.05, 0.1) is 29.1 Å². The van der Waals surface area contributed by atoms with Gasteiger partial charge in [-0.2, -0.15) is 10.4 Å². The molecule has 44 heavy (non-hydrogen) atoms. The van der Waals surface area contributed by atoms with Crippen molar-refractivity contribution in [2.45, 2.75) is 45.4 Å². The number of nitrogens with one attached hydrogen (secondary N) is 1. The van der Waals surface area contributed by atoms with Crippen LogP contribution in [0.15, 0.2) is 42.7 Å². The molecule has 0 aliphatic carbocycles. The van der Waals surface area contributed by atoms with Crippen LogP contribution in [0.4, 0.5) is 11.6 Å². The number of anilines is 2. The maximum absolute atomic E-state index is 13.2. The fourth-order valence-corrected chi connectivity index (χ4v) is 6.36. The molecule has 0 bridgehead atoms. The van der Waals surface area contributed by atoms with Crippen LogP contribution < -0.4 is 14.5 Å². The van der Waals surface area contributed by atoms with Crippen molar-refractivity contribution in [3.8, 4) is 22.9 Å². The number of rotatable bonds is 7. The van der Waals surface area contributed by atoms with E-state index in [2.05, 4.69) is 39.4 Å². The Labute approximate surface area is 256 Å². The van der Waals surface area contributed by atoms with Gasteiger partial charge in [-0.25, -0.2) is 32.8 Å². The first kappa shape index (κ1) is 29.5. The Morgan fingerprint density at radius 2 is 1.75 bits per heavy atom. The molecule has 2 fully saturated rings. The van der Waals surface area contributed by atoms with Gasteiger partial charge < -0.3 is 9.80 Å². The molecule has 6 rings (SSSR count). The van der Waals surface area contributed by atoms with Crippen molar-refractivity contribution < 1.29 is 13.2 Å². The SMILES string of the molecule is CC(C)c1nn(-c2ccnc(N3CCCC3)c2)c2nc(C(=O)NS(C)(=O)=O)cc(-c3ccc(N4CCC(C#N)CC4)nc3)c12. The summed E-state index contributed by atoms with van der Waals surface area (Å²) in [6.45, 7) is 7.49. The van der Waals surface area contributed by atoms with Gasteiger partial charge in [-0.15, -0.1) is 0 Å². The number of carbonyl (C=O) groups excluding carboxylic acids is 1. The third kappa shape index (κ3) is 5.94. The van der Waals surface area contributed by atoms with Crippen molar-refractivity contribution in [3.05, 3.63) is 54.1 Å². The Hall–Kier alpha value is -4.57. The molecule has 2 aliphatic heterocycles. The van der Waals surface area contributed by atoms with Crippen LogP contribution in [-0.4, -0.2) is 71.5 Å². The normalized spacial score (nSPS) is 16.1. The zero-order valence-electron chi connectivity index (χ0n) is 25.1. The Morgan fingerprint density at radius 3 is 2.39 bits per heavy atom. The molecule has 13 heteroatoms. The van der Waals surface area contributed by atoms with E-state index in [1.165, 1.54) is 0 Å². The first-order chi connectivity index (χ1) is 21.1. The molecular formula is C31H35N9O3S. The molecular weight excluding hydrogens is 578 g/mol.